The predicted octanol–water partition coefficient (Wildman–Crippen LogP) is 9.33. The second kappa shape index (κ2) is 22.7. The average Bonchev–Trinajstić information content (AvgIpc) is 3.97. The first-order valence-electron chi connectivity index (χ1n) is 19.3. The van der Waals surface area contributed by atoms with Crippen LogP contribution in [-0.4, -0.2) is 102 Å². The summed E-state index contributed by atoms with van der Waals surface area (Å²) >= 11 is 15.1. The zero-order chi connectivity index (χ0) is 44.5. The number of carbonyl (C=O) groups excluding carboxylic acids is 3. The Morgan fingerprint density at radius 3 is 1.30 bits per heavy atom. The van der Waals surface area contributed by atoms with Crippen molar-refractivity contribution in [2.45, 2.75) is 99.7 Å². The number of aromatic nitrogens is 4. The van der Waals surface area contributed by atoms with Crippen LogP contribution in [0.5, 0.6) is 0 Å². The summed E-state index contributed by atoms with van der Waals surface area (Å²) in [5.74, 6) is -0.922. The summed E-state index contributed by atoms with van der Waals surface area (Å²) in [6.07, 6.45) is 10.8. The number of pyridine rings is 4. The molecule has 13 nitrogen and oxygen atoms in total. The number of carboxylic acid groups (broad SMARTS) is 1. The lowest BCUT2D eigenvalue weighted by atomic mass is 9.77. The number of aryl methyl sites for hydroxylation is 4. The van der Waals surface area contributed by atoms with Crippen molar-refractivity contribution in [3.8, 4) is 0 Å². The van der Waals surface area contributed by atoms with E-state index >= 15 is 0 Å². The van der Waals surface area contributed by atoms with Crippen molar-refractivity contribution < 1.29 is 33.6 Å². The van der Waals surface area contributed by atoms with E-state index in [0.29, 0.717) is 11.4 Å². The molecule has 4 aromatic rings. The van der Waals surface area contributed by atoms with Gasteiger partial charge in [-0.15, -0.1) is 0 Å². The summed E-state index contributed by atoms with van der Waals surface area (Å²) in [5, 5.41) is 8.00. The monoisotopic (exact) mass is 1050 g/mol. The molecule has 0 spiro atoms. The lowest BCUT2D eigenvalue weighted by molar-refractivity contribution is 0.00578. The van der Waals surface area contributed by atoms with Gasteiger partial charge in [0.2, 0.25) is 0 Å². The highest BCUT2D eigenvalue weighted by Crippen LogP contribution is 2.36. The van der Waals surface area contributed by atoms with Gasteiger partial charge < -0.3 is 24.2 Å². The molecule has 3 aliphatic heterocycles. The van der Waals surface area contributed by atoms with Crippen molar-refractivity contribution in [2.75, 3.05) is 26.2 Å². The van der Waals surface area contributed by atoms with Crippen molar-refractivity contribution in [1.29, 1.82) is 0 Å². The van der Waals surface area contributed by atoms with Crippen LogP contribution >= 0.6 is 59.4 Å². The Hall–Kier alpha value is -3.61. The fourth-order valence-electron chi connectivity index (χ4n) is 6.02. The van der Waals surface area contributed by atoms with Gasteiger partial charge in [0.05, 0.1) is 11.2 Å². The maximum Gasteiger partial charge on any atom is 0.496 e. The molecule has 0 aromatic carbocycles. The van der Waals surface area contributed by atoms with Gasteiger partial charge in [0, 0.05) is 69.8 Å². The summed E-state index contributed by atoms with van der Waals surface area (Å²) in [4.78, 5) is 65.1. The molecule has 0 unspecified atom stereocenters. The fourth-order valence-corrected chi connectivity index (χ4v) is 6.78. The molecular weight excluding hydrogens is 998 g/mol. The molecule has 0 atom stereocenters. The number of nitrogens with zero attached hydrogens (tertiary/aromatic N) is 6. The van der Waals surface area contributed by atoms with Crippen molar-refractivity contribution in [1.82, 2.24) is 29.7 Å². The maximum absolute atomic E-state index is 12.4. The van der Waals surface area contributed by atoms with E-state index in [9.17, 15) is 19.2 Å². The van der Waals surface area contributed by atoms with Crippen LogP contribution in [0, 0.1) is 27.7 Å². The van der Waals surface area contributed by atoms with Crippen LogP contribution in [0.3, 0.4) is 0 Å². The molecule has 3 aliphatic rings. The van der Waals surface area contributed by atoms with Crippen LogP contribution in [0.4, 0.5) is 0 Å². The summed E-state index contributed by atoms with van der Waals surface area (Å²) in [6, 6.07) is 6.84. The van der Waals surface area contributed by atoms with Gasteiger partial charge in [-0.3, -0.25) is 24.4 Å². The largest absolute Gasteiger partial charge is 0.496 e. The molecule has 1 N–H and O–H groups in total. The Morgan fingerprint density at radius 2 is 0.934 bits per heavy atom. The van der Waals surface area contributed by atoms with Gasteiger partial charge in [0.15, 0.2) is 0 Å². The van der Waals surface area contributed by atoms with E-state index in [4.69, 9.17) is 26.0 Å². The summed E-state index contributed by atoms with van der Waals surface area (Å²) in [7, 11) is -0.441. The van der Waals surface area contributed by atoms with Gasteiger partial charge in [-0.05, 0) is 187 Å². The molecule has 0 saturated carbocycles. The quantitative estimate of drug-likeness (QED) is 0.150. The van der Waals surface area contributed by atoms with E-state index in [0.717, 1.165) is 93.0 Å². The minimum absolute atomic E-state index is 0. The maximum atomic E-state index is 12.4. The Bertz CT molecular complexity index is 2140. The first-order valence-corrected chi connectivity index (χ1v) is 22.1. The number of aromatic carboxylic acids is 1. The molecule has 0 aliphatic carbocycles. The van der Waals surface area contributed by atoms with Crippen molar-refractivity contribution in [3.63, 3.8) is 0 Å². The van der Waals surface area contributed by atoms with Gasteiger partial charge in [-0.2, -0.15) is 0 Å². The number of carbonyl (C=O) groups is 4. The van der Waals surface area contributed by atoms with E-state index in [1.54, 1.807) is 24.7 Å². The third-order valence-corrected chi connectivity index (χ3v) is 13.1. The number of hydrogen-bond donors (Lipinski definition) is 1. The standard InChI is InChI=1S/C17H25BN2O3.C11H13BrN2O.C7H5BrClNO.C7H6BrNO2.CH4/c1-12-10-14(15(21)20-8-6-7-9-20)19-11-13(12)18-22-16(2,3)17(4,5)23-18;1-8-6-10(13-7-9(8)12)11(15)14-4-2-3-5-14;1-4-2-6(7(9)11)10-3-5(4)8;1-4-2-6(7(10)11)9-3-5(4)8;/h10-11H,6-9H2,1-5H3;6-7H,2-5H2,1H3;2-3H,1H3;2-3H,1H3,(H,10,11);1H4. The first-order chi connectivity index (χ1) is 28.1. The van der Waals surface area contributed by atoms with Gasteiger partial charge in [-0.1, -0.05) is 7.43 Å². The average molecular weight is 1050 g/mol. The Kier molecular flexibility index (Phi) is 19.2. The van der Waals surface area contributed by atoms with E-state index in [2.05, 4.69) is 67.7 Å². The zero-order valence-corrected chi connectivity index (χ0v) is 40.5. The third kappa shape index (κ3) is 13.9. The molecule has 2 amide bonds. The molecule has 0 bridgehead atoms. The Labute approximate surface area is 389 Å². The second-order valence-corrected chi connectivity index (χ2v) is 18.5. The summed E-state index contributed by atoms with van der Waals surface area (Å²) in [6.45, 7) is 19.1. The highest BCUT2D eigenvalue weighted by molar-refractivity contribution is 9.11. The minimum atomic E-state index is -0.999. The minimum Gasteiger partial charge on any atom is -0.477 e. The first kappa shape index (κ1) is 51.7. The van der Waals surface area contributed by atoms with Crippen LogP contribution in [0.2, 0.25) is 0 Å². The Morgan fingerprint density at radius 1 is 0.607 bits per heavy atom. The molecule has 7 heterocycles. The SMILES string of the molecule is C.Cc1cc(C(=O)Cl)ncc1Br.Cc1cc(C(=O)N2CCCC2)ncc1B1OC(C)(C)C(C)(C)O1.Cc1cc(C(=O)N2CCCC2)ncc1Br.Cc1cc(C(=O)O)ncc1Br. The predicted molar refractivity (Wildman–Crippen MR) is 249 cm³/mol. The van der Waals surface area contributed by atoms with Crippen LogP contribution in [-0.2, 0) is 9.31 Å². The summed E-state index contributed by atoms with van der Waals surface area (Å²) in [5.41, 5.74) is 5.39. The lowest BCUT2D eigenvalue weighted by Crippen LogP contribution is -2.41. The van der Waals surface area contributed by atoms with Crippen LogP contribution in [0.1, 0.15) is 125 Å². The van der Waals surface area contributed by atoms with Crippen molar-refractivity contribution >= 4 is 95.0 Å². The number of carboxylic acids is 1. The van der Waals surface area contributed by atoms with E-state index in [1.807, 2.05) is 77.3 Å². The van der Waals surface area contributed by atoms with Crippen molar-refractivity contribution in [3.05, 3.63) is 108 Å². The second-order valence-electron chi connectivity index (χ2n) is 15.5. The van der Waals surface area contributed by atoms with Crippen LogP contribution in [0.15, 0.2) is 62.5 Å². The third-order valence-electron chi connectivity index (χ3n) is 10.4. The number of rotatable bonds is 5. The molecule has 3 saturated heterocycles. The zero-order valence-electron chi connectivity index (χ0n) is 34.9. The highest BCUT2D eigenvalue weighted by atomic mass is 79.9. The van der Waals surface area contributed by atoms with Crippen LogP contribution in [0.25, 0.3) is 0 Å². The number of amides is 2. The molecule has 7 rings (SSSR count). The number of halogens is 4. The van der Waals surface area contributed by atoms with Gasteiger partial charge in [0.25, 0.3) is 17.1 Å². The van der Waals surface area contributed by atoms with Crippen LogP contribution < -0.4 is 5.46 Å². The molecule has 3 fully saturated rings. The molecule has 4 aromatic heterocycles. The smallest absolute Gasteiger partial charge is 0.477 e. The van der Waals surface area contributed by atoms with Gasteiger partial charge in [-0.25, -0.2) is 14.8 Å². The van der Waals surface area contributed by atoms with E-state index in [1.165, 1.54) is 12.3 Å². The molecule has 0 radical (unpaired) electrons. The molecule has 18 heteroatoms. The highest BCUT2D eigenvalue weighted by Gasteiger charge is 2.52. The van der Waals surface area contributed by atoms with Crippen molar-refractivity contribution in [2.24, 2.45) is 0 Å². The number of likely N-dealkylation sites (tertiary alicyclic amines) is 2. The topological polar surface area (TPSA) is 165 Å². The summed E-state index contributed by atoms with van der Waals surface area (Å²) < 4.78 is 14.8. The Balaban J connectivity index is 0.000000228. The van der Waals surface area contributed by atoms with E-state index < -0.39 is 18.3 Å². The molecular formula is C43H53BBr3ClN6O7. The molecule has 328 valence electrons. The number of hydrogen-bond acceptors (Lipinski definition) is 10. The fraction of sp³-hybridized carbons (Fsp3) is 0.442. The van der Waals surface area contributed by atoms with Gasteiger partial charge in [0.1, 0.15) is 22.8 Å². The van der Waals surface area contributed by atoms with E-state index in [-0.39, 0.29) is 41.8 Å². The van der Waals surface area contributed by atoms with Gasteiger partial charge >= 0.3 is 13.1 Å². The normalized spacial score (nSPS) is 15.9. The molecule has 61 heavy (non-hydrogen) atoms. The lowest BCUT2D eigenvalue weighted by Gasteiger charge is -2.32.